The second-order valence-corrected chi connectivity index (χ2v) is 5.44. The standard InChI is InChI=1S/C12H14Se/c1-8(2)11-5-9(3)4-10-6-13-7-12(10)11/h4,6-7,11H,1,5H2,2-3H3. The van der Waals surface area contributed by atoms with Gasteiger partial charge in [-0.1, -0.05) is 0 Å². The molecule has 68 valence electrons. The Hall–Kier alpha value is -0.521. The zero-order valence-corrected chi connectivity index (χ0v) is 9.84. The SMILES string of the molecule is C=C(C)C1CC(C)=Cc2c[se]cc21. The second kappa shape index (κ2) is 3.32. The van der Waals surface area contributed by atoms with Gasteiger partial charge in [0.2, 0.25) is 0 Å². The van der Waals surface area contributed by atoms with E-state index >= 15 is 0 Å². The molecule has 1 heterocycles. The third-order valence-electron chi connectivity index (χ3n) is 2.62. The molecule has 0 aliphatic heterocycles. The van der Waals surface area contributed by atoms with E-state index in [-0.39, 0.29) is 0 Å². The van der Waals surface area contributed by atoms with Crippen LogP contribution in [-0.2, 0) is 0 Å². The van der Waals surface area contributed by atoms with Gasteiger partial charge < -0.3 is 0 Å². The molecule has 0 aromatic carbocycles. The fraction of sp³-hybridized carbons (Fsp3) is 0.333. The molecule has 0 nitrogen and oxygen atoms in total. The van der Waals surface area contributed by atoms with Gasteiger partial charge in [-0.3, -0.25) is 0 Å². The first-order chi connectivity index (χ1) is 6.18. The molecule has 1 aliphatic carbocycles. The van der Waals surface area contributed by atoms with Gasteiger partial charge in [-0.15, -0.1) is 0 Å². The number of allylic oxidation sites excluding steroid dienone is 2. The fourth-order valence-electron chi connectivity index (χ4n) is 1.91. The van der Waals surface area contributed by atoms with Crippen LogP contribution in [0.2, 0.25) is 0 Å². The summed E-state index contributed by atoms with van der Waals surface area (Å²) < 4.78 is 0. The van der Waals surface area contributed by atoms with Crippen molar-refractivity contribution in [1.29, 1.82) is 0 Å². The van der Waals surface area contributed by atoms with Crippen LogP contribution in [0.5, 0.6) is 0 Å². The van der Waals surface area contributed by atoms with Gasteiger partial charge in [-0.05, 0) is 0 Å². The van der Waals surface area contributed by atoms with Crippen molar-refractivity contribution in [3.63, 3.8) is 0 Å². The zero-order chi connectivity index (χ0) is 9.42. The third kappa shape index (κ3) is 1.59. The van der Waals surface area contributed by atoms with E-state index in [1.807, 2.05) is 0 Å². The molecule has 1 atom stereocenters. The molecule has 0 bridgehead atoms. The van der Waals surface area contributed by atoms with Gasteiger partial charge in [-0.2, -0.15) is 0 Å². The van der Waals surface area contributed by atoms with Crippen molar-refractivity contribution in [2.45, 2.75) is 26.2 Å². The molecule has 0 amide bonds. The summed E-state index contributed by atoms with van der Waals surface area (Å²) in [4.78, 5) is 4.78. The second-order valence-electron chi connectivity index (χ2n) is 3.88. The van der Waals surface area contributed by atoms with Gasteiger partial charge in [0.1, 0.15) is 0 Å². The average Bonchev–Trinajstić information content (AvgIpc) is 2.49. The van der Waals surface area contributed by atoms with Crippen molar-refractivity contribution in [2.75, 3.05) is 0 Å². The third-order valence-corrected chi connectivity index (χ3v) is 4.26. The van der Waals surface area contributed by atoms with E-state index in [1.165, 1.54) is 28.7 Å². The Morgan fingerprint density at radius 1 is 1.54 bits per heavy atom. The quantitative estimate of drug-likeness (QED) is 0.519. The van der Waals surface area contributed by atoms with Gasteiger partial charge in [0, 0.05) is 0 Å². The summed E-state index contributed by atoms with van der Waals surface area (Å²) in [7, 11) is 0. The Labute approximate surface area is 85.7 Å². The van der Waals surface area contributed by atoms with E-state index in [1.54, 1.807) is 0 Å². The van der Waals surface area contributed by atoms with Crippen LogP contribution in [0.1, 0.15) is 37.3 Å². The van der Waals surface area contributed by atoms with Gasteiger partial charge >= 0.3 is 85.5 Å². The molecule has 0 radical (unpaired) electrons. The molecule has 2 rings (SSSR count). The zero-order valence-electron chi connectivity index (χ0n) is 8.13. The Morgan fingerprint density at radius 3 is 3.00 bits per heavy atom. The van der Waals surface area contributed by atoms with Crippen LogP contribution in [0, 0.1) is 0 Å². The van der Waals surface area contributed by atoms with Gasteiger partial charge in [-0.25, -0.2) is 0 Å². The van der Waals surface area contributed by atoms with Gasteiger partial charge in [0.05, 0.1) is 0 Å². The van der Waals surface area contributed by atoms with Crippen molar-refractivity contribution in [1.82, 2.24) is 0 Å². The van der Waals surface area contributed by atoms with Crippen molar-refractivity contribution in [3.05, 3.63) is 38.7 Å². The van der Waals surface area contributed by atoms with Crippen LogP contribution in [0.4, 0.5) is 0 Å². The monoisotopic (exact) mass is 238 g/mol. The molecule has 0 fully saturated rings. The summed E-state index contributed by atoms with van der Waals surface area (Å²) in [5.74, 6) is 0.598. The van der Waals surface area contributed by atoms with Crippen molar-refractivity contribution >= 4 is 20.6 Å². The first-order valence-electron chi connectivity index (χ1n) is 4.57. The van der Waals surface area contributed by atoms with E-state index in [9.17, 15) is 0 Å². The molecule has 0 saturated heterocycles. The molecule has 0 N–H and O–H groups in total. The van der Waals surface area contributed by atoms with Crippen LogP contribution < -0.4 is 0 Å². The summed E-state index contributed by atoms with van der Waals surface area (Å²) in [5.41, 5.74) is 5.81. The maximum absolute atomic E-state index is 4.09. The predicted molar refractivity (Wildman–Crippen MR) is 59.2 cm³/mol. The Kier molecular flexibility index (Phi) is 2.31. The van der Waals surface area contributed by atoms with Crippen molar-refractivity contribution < 1.29 is 0 Å². The summed E-state index contributed by atoms with van der Waals surface area (Å²) in [6, 6.07) is 0. The molecule has 1 unspecified atom stereocenters. The van der Waals surface area contributed by atoms with E-state index in [2.05, 4.69) is 36.4 Å². The van der Waals surface area contributed by atoms with E-state index in [4.69, 9.17) is 0 Å². The summed E-state index contributed by atoms with van der Waals surface area (Å²) >= 11 is 0.597. The minimum absolute atomic E-state index is 0.597. The Bertz CT molecular complexity index is 368. The molecular formula is C12H14Se. The number of rotatable bonds is 1. The molecule has 1 aliphatic rings. The van der Waals surface area contributed by atoms with Crippen LogP contribution >= 0.6 is 0 Å². The van der Waals surface area contributed by atoms with Crippen LogP contribution in [0.25, 0.3) is 6.08 Å². The molecule has 1 aromatic rings. The van der Waals surface area contributed by atoms with Crippen LogP contribution in [0.15, 0.2) is 27.6 Å². The van der Waals surface area contributed by atoms with Crippen molar-refractivity contribution in [3.8, 4) is 0 Å². The van der Waals surface area contributed by atoms with E-state index in [0.717, 1.165) is 0 Å². The summed E-state index contributed by atoms with van der Waals surface area (Å²) in [5, 5.41) is 0. The molecule has 0 spiro atoms. The first-order valence-corrected chi connectivity index (χ1v) is 6.55. The molecule has 13 heavy (non-hydrogen) atoms. The van der Waals surface area contributed by atoms with Gasteiger partial charge in [0.15, 0.2) is 0 Å². The maximum atomic E-state index is 4.09. The topological polar surface area (TPSA) is 0 Å². The summed E-state index contributed by atoms with van der Waals surface area (Å²) in [6.45, 7) is 8.45. The van der Waals surface area contributed by atoms with E-state index < -0.39 is 0 Å². The normalized spacial score (nSPS) is 20.8. The average molecular weight is 237 g/mol. The molecule has 0 saturated carbocycles. The van der Waals surface area contributed by atoms with Crippen LogP contribution in [-0.4, -0.2) is 14.5 Å². The molecule has 1 aromatic heterocycles. The summed E-state index contributed by atoms with van der Waals surface area (Å²) in [6.07, 6.45) is 3.51. The molecule has 1 heteroatoms. The Morgan fingerprint density at radius 2 is 2.31 bits per heavy atom. The number of hydrogen-bond donors (Lipinski definition) is 0. The predicted octanol–water partition coefficient (Wildman–Crippen LogP) is 3.21. The molecular weight excluding hydrogens is 223 g/mol. The first kappa shape index (κ1) is 9.05. The van der Waals surface area contributed by atoms with Crippen LogP contribution in [0.3, 0.4) is 0 Å². The fourth-order valence-corrected chi connectivity index (χ4v) is 3.73. The number of hydrogen-bond acceptors (Lipinski definition) is 0. The number of fused-ring (bicyclic) bond motifs is 1. The minimum atomic E-state index is 0.597. The van der Waals surface area contributed by atoms with Crippen molar-refractivity contribution in [2.24, 2.45) is 0 Å². The Balaban J connectivity index is 2.48. The van der Waals surface area contributed by atoms with E-state index in [0.29, 0.717) is 20.4 Å². The van der Waals surface area contributed by atoms with Gasteiger partial charge in [0.25, 0.3) is 0 Å².